The van der Waals surface area contributed by atoms with E-state index in [0.29, 0.717) is 5.46 Å². The summed E-state index contributed by atoms with van der Waals surface area (Å²) in [4.78, 5) is 21.6. The molecule has 1 aliphatic rings. The standard InChI is InChI=1S/C13H17BN2O6/c1-12(2)13(3,4)22-14(21-12)9-5-7-10(8-6-9)15(11(17)18)16(19)20/h5-8H,1-4H3,(H,17,18). The summed E-state index contributed by atoms with van der Waals surface area (Å²) in [5.74, 6) is 0. The maximum Gasteiger partial charge on any atom is 0.494 e. The highest BCUT2D eigenvalue weighted by molar-refractivity contribution is 6.62. The van der Waals surface area contributed by atoms with Crippen molar-refractivity contribution in [3.05, 3.63) is 34.4 Å². The molecule has 8 nitrogen and oxygen atoms in total. The smallest absolute Gasteiger partial charge is 0.461 e. The molecule has 0 aromatic heterocycles. The Labute approximate surface area is 127 Å². The van der Waals surface area contributed by atoms with Crippen LogP contribution in [0.2, 0.25) is 0 Å². The SMILES string of the molecule is CC1(C)OB(c2ccc(N(C(=O)O)[N+](=O)[O-])cc2)OC1(C)C. The van der Waals surface area contributed by atoms with Crippen LogP contribution in [0.1, 0.15) is 27.7 Å². The molecule has 0 radical (unpaired) electrons. The third-order valence-corrected chi connectivity index (χ3v) is 4.01. The first-order chi connectivity index (χ1) is 10.0. The molecule has 0 spiro atoms. The predicted molar refractivity (Wildman–Crippen MR) is 79.7 cm³/mol. The van der Waals surface area contributed by atoms with Crippen LogP contribution in [0.25, 0.3) is 0 Å². The van der Waals surface area contributed by atoms with E-state index in [9.17, 15) is 14.9 Å². The van der Waals surface area contributed by atoms with E-state index in [1.165, 1.54) is 12.1 Å². The molecule has 1 amide bonds. The van der Waals surface area contributed by atoms with Gasteiger partial charge in [-0.2, -0.15) is 0 Å². The molecule has 0 saturated carbocycles. The van der Waals surface area contributed by atoms with Gasteiger partial charge in [0.25, 0.3) is 0 Å². The van der Waals surface area contributed by atoms with Crippen LogP contribution in [-0.2, 0) is 9.31 Å². The average Bonchev–Trinajstić information content (AvgIpc) is 2.58. The maximum atomic E-state index is 10.9. The molecule has 118 valence electrons. The number of rotatable bonds is 3. The van der Waals surface area contributed by atoms with E-state index in [2.05, 4.69) is 0 Å². The molecule has 0 unspecified atom stereocenters. The Morgan fingerprint density at radius 1 is 1.18 bits per heavy atom. The van der Waals surface area contributed by atoms with Crippen molar-refractivity contribution >= 4 is 24.4 Å². The van der Waals surface area contributed by atoms with Crippen LogP contribution >= 0.6 is 0 Å². The summed E-state index contributed by atoms with van der Waals surface area (Å²) in [6.45, 7) is 7.67. The summed E-state index contributed by atoms with van der Waals surface area (Å²) in [5.41, 5.74) is -0.386. The number of hydrogen-bond donors (Lipinski definition) is 1. The zero-order valence-corrected chi connectivity index (χ0v) is 12.8. The van der Waals surface area contributed by atoms with Crippen LogP contribution in [0, 0.1) is 10.1 Å². The molecular formula is C13H17BN2O6. The molecular weight excluding hydrogens is 291 g/mol. The first kappa shape index (κ1) is 16.2. The van der Waals surface area contributed by atoms with Gasteiger partial charge in [-0.25, -0.2) is 14.9 Å². The third kappa shape index (κ3) is 2.77. The Morgan fingerprint density at radius 3 is 2.00 bits per heavy atom. The van der Waals surface area contributed by atoms with Crippen molar-refractivity contribution < 1.29 is 24.2 Å². The van der Waals surface area contributed by atoms with Gasteiger partial charge < -0.3 is 14.4 Å². The molecule has 1 fully saturated rings. The number of carbonyl (C=O) groups is 1. The minimum atomic E-state index is -1.66. The van der Waals surface area contributed by atoms with Crippen molar-refractivity contribution in [2.75, 3.05) is 5.01 Å². The lowest BCUT2D eigenvalue weighted by atomic mass is 9.79. The van der Waals surface area contributed by atoms with Gasteiger partial charge in [-0.1, -0.05) is 12.1 Å². The molecule has 22 heavy (non-hydrogen) atoms. The number of nitro groups is 1. The fraction of sp³-hybridized carbons (Fsp3) is 0.462. The lowest BCUT2D eigenvalue weighted by molar-refractivity contribution is -0.483. The van der Waals surface area contributed by atoms with E-state index in [4.69, 9.17) is 14.4 Å². The normalized spacial score (nSPS) is 19.0. The monoisotopic (exact) mass is 308 g/mol. The summed E-state index contributed by atoms with van der Waals surface area (Å²) in [6.07, 6.45) is -1.66. The van der Waals surface area contributed by atoms with Crippen LogP contribution < -0.4 is 10.5 Å². The van der Waals surface area contributed by atoms with Gasteiger partial charge in [0, 0.05) is 5.01 Å². The van der Waals surface area contributed by atoms with Crippen molar-refractivity contribution in [1.29, 1.82) is 0 Å². The van der Waals surface area contributed by atoms with Gasteiger partial charge >= 0.3 is 13.2 Å². The number of amides is 1. The molecule has 0 bridgehead atoms. The number of carboxylic acid groups (broad SMARTS) is 1. The summed E-state index contributed by atoms with van der Waals surface area (Å²) in [7, 11) is -0.604. The molecule has 0 atom stereocenters. The summed E-state index contributed by atoms with van der Waals surface area (Å²) < 4.78 is 11.7. The van der Waals surface area contributed by atoms with Crippen LogP contribution in [0.5, 0.6) is 0 Å². The van der Waals surface area contributed by atoms with Crippen LogP contribution in [-0.4, -0.2) is 34.6 Å². The molecule has 0 aliphatic carbocycles. The Balaban J connectivity index is 2.24. The van der Waals surface area contributed by atoms with Gasteiger partial charge in [0.1, 0.15) is 5.69 Å². The molecule has 1 aromatic carbocycles. The Bertz CT molecular complexity index is 571. The van der Waals surface area contributed by atoms with Gasteiger partial charge in [0.2, 0.25) is 0 Å². The summed E-state index contributed by atoms with van der Waals surface area (Å²) >= 11 is 0. The van der Waals surface area contributed by atoms with E-state index >= 15 is 0 Å². The van der Waals surface area contributed by atoms with E-state index in [1.807, 2.05) is 27.7 Å². The Kier molecular flexibility index (Phi) is 3.88. The molecule has 1 aliphatic heterocycles. The largest absolute Gasteiger partial charge is 0.494 e. The van der Waals surface area contributed by atoms with Crippen molar-refractivity contribution in [2.24, 2.45) is 0 Å². The highest BCUT2D eigenvalue weighted by Gasteiger charge is 2.51. The first-order valence-corrected chi connectivity index (χ1v) is 6.68. The Morgan fingerprint density at radius 2 is 1.64 bits per heavy atom. The van der Waals surface area contributed by atoms with Crippen LogP contribution in [0.15, 0.2) is 24.3 Å². The lowest BCUT2D eigenvalue weighted by Crippen LogP contribution is -2.41. The Hall–Kier alpha value is -2.13. The predicted octanol–water partition coefficient (Wildman–Crippen LogP) is 1.66. The number of benzene rings is 1. The number of nitrogens with zero attached hydrogens (tertiary/aromatic N) is 2. The van der Waals surface area contributed by atoms with E-state index in [0.717, 1.165) is 0 Å². The second-order valence-corrected chi connectivity index (χ2v) is 6.01. The molecule has 1 saturated heterocycles. The lowest BCUT2D eigenvalue weighted by Gasteiger charge is -2.32. The van der Waals surface area contributed by atoms with Gasteiger partial charge in [-0.3, -0.25) is 0 Å². The van der Waals surface area contributed by atoms with Crippen molar-refractivity contribution in [3.8, 4) is 0 Å². The number of anilines is 1. The van der Waals surface area contributed by atoms with Crippen LogP contribution in [0.4, 0.5) is 10.5 Å². The summed E-state index contributed by atoms with van der Waals surface area (Å²) in [6, 6.07) is 5.79. The highest BCUT2D eigenvalue weighted by Crippen LogP contribution is 2.36. The highest BCUT2D eigenvalue weighted by atomic mass is 16.7. The molecule has 9 heteroatoms. The van der Waals surface area contributed by atoms with E-state index < -0.39 is 29.4 Å². The number of hydrogen-bond acceptors (Lipinski definition) is 5. The zero-order chi connectivity index (χ0) is 16.7. The first-order valence-electron chi connectivity index (χ1n) is 6.68. The van der Waals surface area contributed by atoms with Gasteiger partial charge in [0.15, 0.2) is 5.03 Å². The van der Waals surface area contributed by atoms with Gasteiger partial charge in [-0.05, 0) is 45.3 Å². The fourth-order valence-electron chi connectivity index (χ4n) is 2.03. The van der Waals surface area contributed by atoms with E-state index in [1.54, 1.807) is 12.1 Å². The van der Waals surface area contributed by atoms with Crippen molar-refractivity contribution in [3.63, 3.8) is 0 Å². The fourth-order valence-corrected chi connectivity index (χ4v) is 2.03. The van der Waals surface area contributed by atoms with E-state index in [-0.39, 0.29) is 10.7 Å². The minimum absolute atomic E-state index is 0.0496. The van der Waals surface area contributed by atoms with Crippen molar-refractivity contribution in [1.82, 2.24) is 0 Å². The zero-order valence-electron chi connectivity index (χ0n) is 12.8. The topological polar surface area (TPSA) is 102 Å². The molecule has 1 heterocycles. The molecule has 2 rings (SSSR count). The third-order valence-electron chi connectivity index (χ3n) is 4.01. The summed E-state index contributed by atoms with van der Waals surface area (Å²) in [5, 5.41) is 18.7. The quantitative estimate of drug-likeness (QED) is 0.517. The van der Waals surface area contributed by atoms with Gasteiger partial charge in [0.05, 0.1) is 11.2 Å². The van der Waals surface area contributed by atoms with Crippen molar-refractivity contribution in [2.45, 2.75) is 38.9 Å². The molecule has 1 N–H and O–H groups in total. The average molecular weight is 308 g/mol. The second kappa shape index (κ2) is 5.26. The minimum Gasteiger partial charge on any atom is -0.461 e. The van der Waals surface area contributed by atoms with Gasteiger partial charge in [-0.15, -0.1) is 0 Å². The number of hydrazine groups is 1. The van der Waals surface area contributed by atoms with Crippen LogP contribution in [0.3, 0.4) is 0 Å². The maximum absolute atomic E-state index is 10.9. The second-order valence-electron chi connectivity index (χ2n) is 6.01. The molecule has 1 aromatic rings.